The van der Waals surface area contributed by atoms with E-state index in [0.29, 0.717) is 11.6 Å². The Kier molecular flexibility index (Phi) is 1.23. The van der Waals surface area contributed by atoms with Gasteiger partial charge in [0.25, 0.3) is 11.6 Å². The van der Waals surface area contributed by atoms with Crippen molar-refractivity contribution in [2.75, 3.05) is 0 Å². The zero-order valence-electron chi connectivity index (χ0n) is 8.15. The second-order valence-corrected chi connectivity index (χ2v) is 3.48. The molecule has 0 aliphatic carbocycles. The van der Waals surface area contributed by atoms with Crippen molar-refractivity contribution in [2.45, 2.75) is 0 Å². The average molecular weight is 210 g/mol. The van der Waals surface area contributed by atoms with Crippen molar-refractivity contribution < 1.29 is 0 Å². The fourth-order valence-electron chi connectivity index (χ4n) is 1.88. The third-order valence-corrected chi connectivity index (χ3v) is 2.56. The van der Waals surface area contributed by atoms with Crippen molar-refractivity contribution in [3.05, 3.63) is 36.9 Å². The van der Waals surface area contributed by atoms with Gasteiger partial charge in [-0.05, 0) is 12.1 Å². The van der Waals surface area contributed by atoms with Gasteiger partial charge in [-0.2, -0.15) is 9.97 Å². The second-order valence-electron chi connectivity index (χ2n) is 3.48. The number of hydrogen-bond acceptors (Lipinski definition) is 4. The standard InChI is InChI=1S/C10H6N6/c1-2-4-8-7(3-1)13-10-14-9-12-5-11-6-15(9)16(8)10/h1-6H. The fourth-order valence-corrected chi connectivity index (χ4v) is 1.88. The van der Waals surface area contributed by atoms with Crippen LogP contribution >= 0.6 is 0 Å². The maximum absolute atomic E-state index is 4.42. The van der Waals surface area contributed by atoms with Gasteiger partial charge in [0.05, 0.1) is 11.0 Å². The lowest BCUT2D eigenvalue weighted by Gasteiger charge is -1.94. The Morgan fingerprint density at radius 2 is 1.94 bits per heavy atom. The van der Waals surface area contributed by atoms with Crippen LogP contribution in [0.2, 0.25) is 0 Å². The van der Waals surface area contributed by atoms with Crippen LogP contribution in [-0.4, -0.2) is 29.0 Å². The van der Waals surface area contributed by atoms with E-state index in [9.17, 15) is 0 Å². The molecule has 0 fully saturated rings. The summed E-state index contributed by atoms with van der Waals surface area (Å²) in [5.41, 5.74) is 1.92. The van der Waals surface area contributed by atoms with Gasteiger partial charge in [-0.3, -0.25) is 0 Å². The van der Waals surface area contributed by atoms with Crippen LogP contribution in [0.25, 0.3) is 22.6 Å². The molecule has 0 spiro atoms. The third kappa shape index (κ3) is 0.813. The highest BCUT2D eigenvalue weighted by atomic mass is 15.4. The number of imidazole rings is 1. The Morgan fingerprint density at radius 3 is 2.94 bits per heavy atom. The van der Waals surface area contributed by atoms with E-state index in [2.05, 4.69) is 19.9 Å². The molecule has 4 rings (SSSR count). The van der Waals surface area contributed by atoms with Crippen LogP contribution in [0.1, 0.15) is 0 Å². The molecule has 3 heterocycles. The summed E-state index contributed by atoms with van der Waals surface area (Å²) in [6.07, 6.45) is 3.15. The Hall–Kier alpha value is -2.50. The molecule has 0 bridgehead atoms. The summed E-state index contributed by atoms with van der Waals surface area (Å²) in [5, 5.41) is 0. The summed E-state index contributed by atoms with van der Waals surface area (Å²) in [4.78, 5) is 16.8. The number of rotatable bonds is 0. The van der Waals surface area contributed by atoms with Gasteiger partial charge in [-0.25, -0.2) is 19.0 Å². The lowest BCUT2D eigenvalue weighted by molar-refractivity contribution is 0.844. The molecule has 0 radical (unpaired) electrons. The van der Waals surface area contributed by atoms with Crippen LogP contribution in [0, 0.1) is 0 Å². The molecule has 0 aliphatic heterocycles. The van der Waals surface area contributed by atoms with Crippen molar-refractivity contribution in [1.82, 2.24) is 29.0 Å². The second kappa shape index (κ2) is 2.54. The topological polar surface area (TPSA) is 60.4 Å². The molecule has 1 aromatic carbocycles. The maximum atomic E-state index is 4.42. The summed E-state index contributed by atoms with van der Waals surface area (Å²) < 4.78 is 3.68. The van der Waals surface area contributed by atoms with Gasteiger partial charge in [0.15, 0.2) is 0 Å². The van der Waals surface area contributed by atoms with E-state index in [-0.39, 0.29) is 0 Å². The Balaban J connectivity index is 2.38. The molecule has 0 saturated carbocycles. The lowest BCUT2D eigenvalue weighted by atomic mass is 10.3. The van der Waals surface area contributed by atoms with E-state index in [1.807, 2.05) is 28.8 Å². The van der Waals surface area contributed by atoms with E-state index >= 15 is 0 Å². The summed E-state index contributed by atoms with van der Waals surface area (Å²) in [7, 11) is 0. The molecule has 0 atom stereocenters. The van der Waals surface area contributed by atoms with Gasteiger partial charge in [-0.15, -0.1) is 0 Å². The van der Waals surface area contributed by atoms with Crippen LogP contribution in [0.15, 0.2) is 36.9 Å². The number of benzene rings is 1. The lowest BCUT2D eigenvalue weighted by Crippen LogP contribution is -1.96. The first-order valence-corrected chi connectivity index (χ1v) is 4.85. The average Bonchev–Trinajstić information content (AvgIpc) is 2.83. The molecular formula is C10H6N6. The van der Waals surface area contributed by atoms with Crippen molar-refractivity contribution in [3.8, 4) is 0 Å². The summed E-state index contributed by atoms with van der Waals surface area (Å²) in [6, 6.07) is 7.88. The van der Waals surface area contributed by atoms with Gasteiger partial charge in [0.2, 0.25) is 0 Å². The van der Waals surface area contributed by atoms with Crippen LogP contribution in [-0.2, 0) is 0 Å². The van der Waals surface area contributed by atoms with Gasteiger partial charge in [-0.1, -0.05) is 12.1 Å². The van der Waals surface area contributed by atoms with Crippen molar-refractivity contribution in [1.29, 1.82) is 0 Å². The van der Waals surface area contributed by atoms with Crippen LogP contribution < -0.4 is 0 Å². The maximum Gasteiger partial charge on any atom is 0.255 e. The molecule has 0 N–H and O–H groups in total. The minimum Gasteiger partial charge on any atom is -0.225 e. The summed E-state index contributed by atoms with van der Waals surface area (Å²) in [5.74, 6) is 1.24. The number of aromatic nitrogens is 6. The van der Waals surface area contributed by atoms with E-state index in [0.717, 1.165) is 11.0 Å². The minimum atomic E-state index is 0.600. The highest BCUT2D eigenvalue weighted by Crippen LogP contribution is 2.15. The predicted octanol–water partition coefficient (Wildman–Crippen LogP) is 0.925. The molecule has 0 amide bonds. The minimum absolute atomic E-state index is 0.600. The van der Waals surface area contributed by atoms with Crippen LogP contribution in [0.5, 0.6) is 0 Å². The van der Waals surface area contributed by atoms with E-state index < -0.39 is 0 Å². The first-order valence-electron chi connectivity index (χ1n) is 4.85. The highest BCUT2D eigenvalue weighted by Gasteiger charge is 2.10. The van der Waals surface area contributed by atoms with Gasteiger partial charge >= 0.3 is 0 Å². The first kappa shape index (κ1) is 7.75. The largest absolute Gasteiger partial charge is 0.255 e. The molecule has 0 unspecified atom stereocenters. The normalized spacial score (nSPS) is 11.8. The summed E-state index contributed by atoms with van der Waals surface area (Å²) in [6.45, 7) is 0. The van der Waals surface area contributed by atoms with E-state index in [4.69, 9.17) is 0 Å². The molecule has 0 aliphatic rings. The monoisotopic (exact) mass is 210 g/mol. The third-order valence-electron chi connectivity index (χ3n) is 2.56. The number of nitrogens with zero attached hydrogens (tertiary/aromatic N) is 6. The van der Waals surface area contributed by atoms with Gasteiger partial charge in [0.1, 0.15) is 12.7 Å². The molecule has 6 heteroatoms. The Bertz CT molecular complexity index is 746. The highest BCUT2D eigenvalue weighted by molar-refractivity contribution is 5.79. The smallest absolute Gasteiger partial charge is 0.225 e. The number of fused-ring (bicyclic) bond motifs is 5. The van der Waals surface area contributed by atoms with Gasteiger partial charge in [0, 0.05) is 0 Å². The molecule has 3 aromatic heterocycles. The zero-order chi connectivity index (χ0) is 10.5. The predicted molar refractivity (Wildman–Crippen MR) is 57.0 cm³/mol. The van der Waals surface area contributed by atoms with E-state index in [1.165, 1.54) is 6.33 Å². The van der Waals surface area contributed by atoms with Gasteiger partial charge < -0.3 is 0 Å². The molecule has 0 saturated heterocycles. The first-order chi connectivity index (χ1) is 7.93. The molecule has 16 heavy (non-hydrogen) atoms. The zero-order valence-corrected chi connectivity index (χ0v) is 8.15. The van der Waals surface area contributed by atoms with Crippen molar-refractivity contribution >= 4 is 22.6 Å². The number of hydrogen-bond donors (Lipinski definition) is 0. The molecule has 6 nitrogen and oxygen atoms in total. The van der Waals surface area contributed by atoms with Crippen molar-refractivity contribution in [3.63, 3.8) is 0 Å². The molecule has 4 aromatic rings. The Morgan fingerprint density at radius 1 is 1.00 bits per heavy atom. The SMILES string of the molecule is c1ccc2c(c1)nc1nc3ncncn3n12. The number of para-hydroxylation sites is 2. The van der Waals surface area contributed by atoms with Crippen molar-refractivity contribution in [2.24, 2.45) is 0 Å². The summed E-state index contributed by atoms with van der Waals surface area (Å²) >= 11 is 0. The Labute approximate surface area is 89.2 Å². The van der Waals surface area contributed by atoms with E-state index in [1.54, 1.807) is 10.8 Å². The molecular weight excluding hydrogens is 204 g/mol. The molecule has 76 valence electrons. The fraction of sp³-hybridized carbons (Fsp3) is 0. The van der Waals surface area contributed by atoms with Crippen LogP contribution in [0.4, 0.5) is 0 Å². The quantitative estimate of drug-likeness (QED) is 0.433. The van der Waals surface area contributed by atoms with Crippen LogP contribution in [0.3, 0.4) is 0 Å².